The van der Waals surface area contributed by atoms with E-state index in [1.54, 1.807) is 0 Å². The van der Waals surface area contributed by atoms with E-state index in [1.807, 2.05) is 54.7 Å². The predicted octanol–water partition coefficient (Wildman–Crippen LogP) is 6.43. The van der Waals surface area contributed by atoms with Crippen molar-refractivity contribution in [1.29, 1.82) is 0 Å². The van der Waals surface area contributed by atoms with Crippen LogP contribution in [-0.4, -0.2) is 17.4 Å². The van der Waals surface area contributed by atoms with Gasteiger partial charge in [-0.05, 0) is 43.2 Å². The van der Waals surface area contributed by atoms with E-state index in [0.29, 0.717) is 11.8 Å². The van der Waals surface area contributed by atoms with Gasteiger partial charge >= 0.3 is 37.9 Å². The first-order chi connectivity index (χ1) is 12.2. The van der Waals surface area contributed by atoms with Crippen LogP contribution in [0, 0.1) is 5.92 Å². The molecule has 1 aliphatic rings. The quantitative estimate of drug-likeness (QED) is 0.531. The summed E-state index contributed by atoms with van der Waals surface area (Å²) in [5.74, 6) is 1.16. The van der Waals surface area contributed by atoms with E-state index < -0.39 is 20.8 Å². The Kier molecular flexibility index (Phi) is 9.24. The third kappa shape index (κ3) is 6.55. The van der Waals surface area contributed by atoms with E-state index in [0.717, 1.165) is 35.4 Å². The number of phenols is 1. The summed E-state index contributed by atoms with van der Waals surface area (Å²) in [7, 11) is 9.87. The number of aliphatic imine (C=N–C) groups is 1. The molecular formula is C20H23Cl2NOZr. The molecule has 1 saturated carbocycles. The van der Waals surface area contributed by atoms with Crippen molar-refractivity contribution in [3.05, 3.63) is 54.1 Å². The Morgan fingerprint density at radius 3 is 2.28 bits per heavy atom. The van der Waals surface area contributed by atoms with Crippen molar-refractivity contribution in [1.82, 2.24) is 0 Å². The van der Waals surface area contributed by atoms with E-state index >= 15 is 0 Å². The molecule has 0 atom stereocenters. The average molecular weight is 456 g/mol. The molecule has 0 unspecified atom stereocenters. The van der Waals surface area contributed by atoms with Gasteiger partial charge in [0.2, 0.25) is 0 Å². The molecule has 0 radical (unpaired) electrons. The number of benzene rings is 2. The van der Waals surface area contributed by atoms with Gasteiger partial charge in [0.25, 0.3) is 0 Å². The molecule has 25 heavy (non-hydrogen) atoms. The molecular weight excluding hydrogens is 432 g/mol. The topological polar surface area (TPSA) is 32.6 Å². The second-order valence-electron chi connectivity index (χ2n) is 6.37. The summed E-state index contributed by atoms with van der Waals surface area (Å²) in [6.45, 7) is 2.31. The van der Waals surface area contributed by atoms with Crippen molar-refractivity contribution in [2.75, 3.05) is 0 Å². The van der Waals surface area contributed by atoms with Gasteiger partial charge in [0.05, 0.1) is 0 Å². The molecule has 1 aliphatic carbocycles. The molecule has 2 aromatic carbocycles. The van der Waals surface area contributed by atoms with Crippen LogP contribution in [-0.2, 0) is 20.8 Å². The number of hydrogen-bond donors (Lipinski definition) is 1. The molecule has 0 amide bonds. The summed E-state index contributed by atoms with van der Waals surface area (Å²) in [4.78, 5) is 4.70. The maximum atomic E-state index is 10.5. The zero-order valence-corrected chi connectivity index (χ0v) is 18.3. The van der Waals surface area contributed by atoms with Crippen LogP contribution in [0.15, 0.2) is 53.5 Å². The van der Waals surface area contributed by atoms with E-state index in [2.05, 4.69) is 6.92 Å². The first-order valence-electron chi connectivity index (χ1n) is 8.52. The Hall–Kier alpha value is -0.627. The Morgan fingerprint density at radius 1 is 1.00 bits per heavy atom. The van der Waals surface area contributed by atoms with Crippen molar-refractivity contribution < 1.29 is 26.0 Å². The summed E-state index contributed by atoms with van der Waals surface area (Å²) in [5.41, 5.74) is 2.70. The van der Waals surface area contributed by atoms with Crippen LogP contribution >= 0.6 is 17.0 Å². The zero-order chi connectivity index (χ0) is 18.1. The SMILES string of the molecule is CC1CCC(N=Cc2cccc(-c3ccccc3)c2O)CC1.[Cl][Zr][Cl]. The summed E-state index contributed by atoms with van der Waals surface area (Å²) in [6, 6.07) is 16.2. The normalized spacial score (nSPS) is 20.0. The van der Waals surface area contributed by atoms with Gasteiger partial charge < -0.3 is 5.11 Å². The molecule has 1 fully saturated rings. The Labute approximate surface area is 169 Å². The minimum atomic E-state index is -0.826. The van der Waals surface area contributed by atoms with Gasteiger partial charge in [-0.25, -0.2) is 0 Å². The molecule has 0 aliphatic heterocycles. The molecule has 0 bridgehead atoms. The van der Waals surface area contributed by atoms with Crippen molar-refractivity contribution in [3.8, 4) is 16.9 Å². The van der Waals surface area contributed by atoms with Crippen LogP contribution in [0.25, 0.3) is 11.1 Å². The van der Waals surface area contributed by atoms with Crippen LogP contribution in [0.4, 0.5) is 0 Å². The van der Waals surface area contributed by atoms with Gasteiger partial charge in [0, 0.05) is 23.4 Å². The number of phenolic OH excluding ortho intramolecular Hbond substituents is 1. The standard InChI is InChI=1S/C20H23NO.2ClH.Zr/c1-15-10-12-18(13-11-15)21-14-17-8-5-9-19(20(17)22)16-6-3-2-4-7-16;;;/h2-9,14-15,18,22H,10-13H2,1H3;2*1H;/q;;;+2/p-2. The third-order valence-corrected chi connectivity index (χ3v) is 4.56. The number of aromatic hydroxyl groups is 1. The molecule has 1 N–H and O–H groups in total. The number of halogens is 2. The molecule has 0 saturated heterocycles. The van der Waals surface area contributed by atoms with Gasteiger partial charge in [-0.1, -0.05) is 49.4 Å². The van der Waals surface area contributed by atoms with E-state index in [4.69, 9.17) is 22.0 Å². The van der Waals surface area contributed by atoms with Gasteiger partial charge in [-0.2, -0.15) is 0 Å². The van der Waals surface area contributed by atoms with E-state index in [-0.39, 0.29) is 0 Å². The molecule has 2 aromatic rings. The van der Waals surface area contributed by atoms with E-state index in [9.17, 15) is 5.11 Å². The van der Waals surface area contributed by atoms with Gasteiger partial charge in [-0.15, -0.1) is 0 Å². The Bertz CT molecular complexity index is 671. The van der Waals surface area contributed by atoms with Crippen molar-refractivity contribution in [3.63, 3.8) is 0 Å². The minimum absolute atomic E-state index is 0.321. The van der Waals surface area contributed by atoms with Crippen molar-refractivity contribution >= 4 is 23.2 Å². The fourth-order valence-corrected chi connectivity index (χ4v) is 3.09. The van der Waals surface area contributed by atoms with Crippen LogP contribution in [0.2, 0.25) is 0 Å². The van der Waals surface area contributed by atoms with Gasteiger partial charge in [-0.3, -0.25) is 4.99 Å². The molecule has 2 nitrogen and oxygen atoms in total. The molecule has 0 heterocycles. The van der Waals surface area contributed by atoms with E-state index in [1.165, 1.54) is 12.8 Å². The summed E-state index contributed by atoms with van der Waals surface area (Å²) >= 11 is -0.826. The second-order valence-corrected chi connectivity index (χ2v) is 10.1. The predicted molar refractivity (Wildman–Crippen MR) is 104 cm³/mol. The third-order valence-electron chi connectivity index (χ3n) is 4.56. The van der Waals surface area contributed by atoms with Crippen molar-refractivity contribution in [2.45, 2.75) is 38.6 Å². The molecule has 3 rings (SSSR count). The molecule has 5 heteroatoms. The maximum absolute atomic E-state index is 10.5. The molecule has 0 aromatic heterocycles. The first kappa shape index (κ1) is 20.7. The van der Waals surface area contributed by atoms with Gasteiger partial charge in [0.1, 0.15) is 5.75 Å². The van der Waals surface area contributed by atoms with Gasteiger partial charge in [0.15, 0.2) is 0 Å². The van der Waals surface area contributed by atoms with Crippen LogP contribution in [0.1, 0.15) is 38.2 Å². The monoisotopic (exact) mass is 453 g/mol. The van der Waals surface area contributed by atoms with Crippen LogP contribution in [0.3, 0.4) is 0 Å². The fraction of sp³-hybridized carbons (Fsp3) is 0.350. The molecule has 132 valence electrons. The van der Waals surface area contributed by atoms with Crippen LogP contribution < -0.4 is 0 Å². The first-order valence-corrected chi connectivity index (χ1v) is 14.9. The summed E-state index contributed by atoms with van der Waals surface area (Å²) in [5, 5.41) is 10.5. The van der Waals surface area contributed by atoms with Crippen molar-refractivity contribution in [2.24, 2.45) is 10.9 Å². The summed E-state index contributed by atoms with van der Waals surface area (Å²) < 4.78 is 0. The summed E-state index contributed by atoms with van der Waals surface area (Å²) in [6.07, 6.45) is 6.70. The second kappa shape index (κ2) is 11.2. The number of rotatable bonds is 3. The zero-order valence-electron chi connectivity index (χ0n) is 14.3. The molecule has 0 spiro atoms. The fourth-order valence-electron chi connectivity index (χ4n) is 3.09. The Balaban J connectivity index is 0.000000701. The Morgan fingerprint density at radius 2 is 1.64 bits per heavy atom. The number of para-hydroxylation sites is 1. The number of hydrogen-bond acceptors (Lipinski definition) is 2. The average Bonchev–Trinajstić information content (AvgIpc) is 2.64. The number of nitrogens with zero attached hydrogens (tertiary/aromatic N) is 1. The van der Waals surface area contributed by atoms with Crippen LogP contribution in [0.5, 0.6) is 5.75 Å².